The van der Waals surface area contributed by atoms with Gasteiger partial charge in [-0.1, -0.05) is 0 Å². The molecule has 2 amide bonds. The molecular formula is C21H32FN5O4. The molecule has 9 nitrogen and oxygen atoms in total. The van der Waals surface area contributed by atoms with Gasteiger partial charge in [-0.15, -0.1) is 4.99 Å². The number of alkyl carbamates (subject to hydrolysis) is 1. The third kappa shape index (κ3) is 7.95. The number of carbonyl (C=O) groups excluding carboxylic acids is 2. The van der Waals surface area contributed by atoms with Gasteiger partial charge in [-0.25, -0.2) is 14.0 Å². The van der Waals surface area contributed by atoms with Gasteiger partial charge in [0.05, 0.1) is 5.69 Å². The zero-order valence-corrected chi connectivity index (χ0v) is 19.0. The largest absolute Gasteiger partial charge is 0.444 e. The first kappa shape index (κ1) is 24.2. The fourth-order valence-corrected chi connectivity index (χ4v) is 2.88. The van der Waals surface area contributed by atoms with Gasteiger partial charge in [0.15, 0.2) is 0 Å². The number of guanidine groups is 1. The average molecular weight is 438 g/mol. The van der Waals surface area contributed by atoms with Crippen molar-refractivity contribution in [2.24, 2.45) is 4.99 Å². The molecule has 0 unspecified atom stereocenters. The Morgan fingerprint density at radius 3 is 2.13 bits per heavy atom. The summed E-state index contributed by atoms with van der Waals surface area (Å²) in [5, 5.41) is 2.54. The van der Waals surface area contributed by atoms with Crippen LogP contribution in [-0.4, -0.2) is 60.4 Å². The predicted molar refractivity (Wildman–Crippen MR) is 118 cm³/mol. The lowest BCUT2D eigenvalue weighted by Gasteiger charge is -2.37. The number of rotatable bonds is 1. The molecular weight excluding hydrogens is 405 g/mol. The maximum Gasteiger partial charge on any atom is 0.437 e. The van der Waals surface area contributed by atoms with E-state index in [4.69, 9.17) is 15.2 Å². The highest BCUT2D eigenvalue weighted by atomic mass is 19.1. The molecule has 0 bridgehead atoms. The van der Waals surface area contributed by atoms with Crippen LogP contribution in [-0.2, 0) is 9.47 Å². The van der Waals surface area contributed by atoms with Gasteiger partial charge in [-0.3, -0.25) is 5.32 Å². The third-order valence-electron chi connectivity index (χ3n) is 4.10. The molecule has 172 valence electrons. The molecule has 0 aliphatic carbocycles. The van der Waals surface area contributed by atoms with Crippen LogP contribution in [0.15, 0.2) is 23.2 Å². The monoisotopic (exact) mass is 437 g/mol. The molecule has 0 radical (unpaired) electrons. The van der Waals surface area contributed by atoms with Crippen molar-refractivity contribution >= 4 is 29.5 Å². The molecule has 0 aromatic heterocycles. The summed E-state index contributed by atoms with van der Waals surface area (Å²) >= 11 is 0. The number of anilines is 2. The second-order valence-corrected chi connectivity index (χ2v) is 9.23. The molecule has 1 saturated heterocycles. The van der Waals surface area contributed by atoms with E-state index in [1.165, 1.54) is 6.07 Å². The molecule has 31 heavy (non-hydrogen) atoms. The number of nitrogens with zero attached hydrogens (tertiary/aromatic N) is 3. The molecule has 1 heterocycles. The first-order valence-electron chi connectivity index (χ1n) is 10.1. The fraction of sp³-hybridized carbons (Fsp3) is 0.571. The Labute approximate surface area is 182 Å². The first-order valence-corrected chi connectivity index (χ1v) is 10.1. The van der Waals surface area contributed by atoms with Gasteiger partial charge in [0.2, 0.25) is 5.96 Å². The highest BCUT2D eigenvalue weighted by Gasteiger charge is 2.26. The van der Waals surface area contributed by atoms with Gasteiger partial charge in [-0.05, 0) is 59.7 Å². The Morgan fingerprint density at radius 1 is 1.03 bits per heavy atom. The molecule has 2 rings (SSSR count). The Bertz CT molecular complexity index is 837. The van der Waals surface area contributed by atoms with Crippen LogP contribution in [0.4, 0.5) is 25.4 Å². The van der Waals surface area contributed by atoms with E-state index in [-0.39, 0.29) is 5.96 Å². The van der Waals surface area contributed by atoms with E-state index in [9.17, 15) is 14.0 Å². The minimum Gasteiger partial charge on any atom is -0.444 e. The SMILES string of the molecule is CC(C)(C)OC(=O)/N=C(/NC(=O)OC(C)(C)C)N1CCN(c2ccc(N)cc2F)CC1. The smallest absolute Gasteiger partial charge is 0.437 e. The number of nitrogen functional groups attached to an aromatic ring is 1. The van der Waals surface area contributed by atoms with E-state index in [1.54, 1.807) is 58.6 Å². The number of benzene rings is 1. The third-order valence-corrected chi connectivity index (χ3v) is 4.10. The van der Waals surface area contributed by atoms with Gasteiger partial charge in [0, 0.05) is 31.9 Å². The minimum absolute atomic E-state index is 0.0286. The minimum atomic E-state index is -0.828. The summed E-state index contributed by atoms with van der Waals surface area (Å²) < 4.78 is 24.8. The molecule has 0 saturated carbocycles. The van der Waals surface area contributed by atoms with E-state index in [2.05, 4.69) is 10.3 Å². The first-order chi connectivity index (χ1) is 14.2. The van der Waals surface area contributed by atoms with E-state index < -0.39 is 29.2 Å². The van der Waals surface area contributed by atoms with Crippen LogP contribution in [0.2, 0.25) is 0 Å². The zero-order chi connectivity index (χ0) is 23.4. The van der Waals surface area contributed by atoms with Gasteiger partial charge in [0.25, 0.3) is 0 Å². The Kier molecular flexibility index (Phi) is 7.35. The maximum absolute atomic E-state index is 14.3. The van der Waals surface area contributed by atoms with Crippen LogP contribution < -0.4 is 16.0 Å². The number of aliphatic imine (C=N–C) groups is 1. The van der Waals surface area contributed by atoms with Crippen molar-refractivity contribution in [3.8, 4) is 0 Å². The van der Waals surface area contributed by atoms with Gasteiger partial charge < -0.3 is 25.0 Å². The van der Waals surface area contributed by atoms with Crippen LogP contribution in [0.3, 0.4) is 0 Å². The number of hydrogen-bond donors (Lipinski definition) is 2. The molecule has 1 aromatic rings. The lowest BCUT2D eigenvalue weighted by atomic mass is 10.2. The van der Waals surface area contributed by atoms with E-state index in [0.29, 0.717) is 37.6 Å². The van der Waals surface area contributed by atoms with Crippen LogP contribution in [0.1, 0.15) is 41.5 Å². The van der Waals surface area contributed by atoms with Crippen LogP contribution >= 0.6 is 0 Å². The fourth-order valence-electron chi connectivity index (χ4n) is 2.88. The van der Waals surface area contributed by atoms with Gasteiger partial charge in [-0.2, -0.15) is 0 Å². The van der Waals surface area contributed by atoms with Crippen molar-refractivity contribution in [2.75, 3.05) is 36.8 Å². The van der Waals surface area contributed by atoms with Crippen LogP contribution in [0.25, 0.3) is 0 Å². The summed E-state index contributed by atoms with van der Waals surface area (Å²) in [7, 11) is 0. The van der Waals surface area contributed by atoms with Gasteiger partial charge in [0.1, 0.15) is 17.0 Å². The Morgan fingerprint density at radius 2 is 1.61 bits per heavy atom. The quantitative estimate of drug-likeness (QED) is 0.394. The maximum atomic E-state index is 14.3. The molecule has 0 atom stereocenters. The van der Waals surface area contributed by atoms with Gasteiger partial charge >= 0.3 is 12.2 Å². The molecule has 1 aromatic carbocycles. The molecule has 10 heteroatoms. The average Bonchev–Trinajstić information content (AvgIpc) is 2.58. The van der Waals surface area contributed by atoms with Crippen molar-refractivity contribution in [1.82, 2.24) is 10.2 Å². The molecule has 1 aliphatic heterocycles. The number of halogens is 1. The van der Waals surface area contributed by atoms with E-state index in [0.717, 1.165) is 0 Å². The second kappa shape index (κ2) is 9.40. The van der Waals surface area contributed by atoms with Crippen molar-refractivity contribution in [2.45, 2.75) is 52.7 Å². The Hall–Kier alpha value is -3.04. The highest BCUT2D eigenvalue weighted by molar-refractivity contribution is 5.99. The topological polar surface area (TPSA) is 109 Å². The number of nitrogens with two attached hydrogens (primary N) is 1. The summed E-state index contributed by atoms with van der Waals surface area (Å²) in [5.41, 5.74) is 4.97. The summed E-state index contributed by atoms with van der Waals surface area (Å²) in [4.78, 5) is 32.0. The Balaban J connectivity index is 2.14. The lowest BCUT2D eigenvalue weighted by molar-refractivity contribution is 0.0554. The van der Waals surface area contributed by atoms with Crippen LogP contribution in [0.5, 0.6) is 0 Å². The predicted octanol–water partition coefficient (Wildman–Crippen LogP) is 3.35. The summed E-state index contributed by atoms with van der Waals surface area (Å²) in [6.45, 7) is 12.0. The highest BCUT2D eigenvalue weighted by Crippen LogP contribution is 2.23. The molecule has 1 aliphatic rings. The van der Waals surface area contributed by atoms with E-state index >= 15 is 0 Å². The number of ether oxygens (including phenoxy) is 2. The summed E-state index contributed by atoms with van der Waals surface area (Å²) in [6.07, 6.45) is -1.56. The standard InChI is InChI=1S/C21H32FN5O4/c1-20(2,3)30-18(28)24-17(25-19(29)31-21(4,5)6)27-11-9-26(10-12-27)16-8-7-14(23)13-15(16)22/h7-8,13H,9-12,23H2,1-6H3,(H,24,25,28,29). The number of carbonyl (C=O) groups is 2. The summed E-state index contributed by atoms with van der Waals surface area (Å²) in [5.74, 6) is -0.371. The van der Waals surface area contributed by atoms with Crippen LogP contribution in [0, 0.1) is 5.82 Å². The molecule has 1 fully saturated rings. The summed E-state index contributed by atoms with van der Waals surface area (Å²) in [6, 6.07) is 4.56. The van der Waals surface area contributed by atoms with Crippen molar-refractivity contribution in [1.29, 1.82) is 0 Å². The second-order valence-electron chi connectivity index (χ2n) is 9.23. The lowest BCUT2D eigenvalue weighted by Crippen LogP contribution is -2.54. The molecule has 0 spiro atoms. The van der Waals surface area contributed by atoms with Crippen molar-refractivity contribution in [3.63, 3.8) is 0 Å². The zero-order valence-electron chi connectivity index (χ0n) is 19.0. The van der Waals surface area contributed by atoms with E-state index in [1.807, 2.05) is 4.90 Å². The number of amides is 2. The van der Waals surface area contributed by atoms with Crippen molar-refractivity contribution in [3.05, 3.63) is 24.0 Å². The normalized spacial score (nSPS) is 15.5. The number of nitrogens with one attached hydrogen (secondary N) is 1. The molecule has 3 N–H and O–H groups in total. The van der Waals surface area contributed by atoms with Crippen molar-refractivity contribution < 1.29 is 23.5 Å². The number of piperazine rings is 1. The number of hydrogen-bond acceptors (Lipinski definition) is 6.